The Morgan fingerprint density at radius 1 is 1.30 bits per heavy atom. The second kappa shape index (κ2) is 9.77. The average Bonchev–Trinajstić information content (AvgIpc) is 2.65. The second-order valence-electron chi connectivity index (χ2n) is 6.94. The molecule has 0 aliphatic heterocycles. The zero-order valence-electron chi connectivity index (χ0n) is 15.8. The first-order chi connectivity index (χ1) is 12.9. The smallest absolute Gasteiger partial charge is 0.262 e. The van der Waals surface area contributed by atoms with E-state index >= 15 is 0 Å². The Bertz CT molecular complexity index is 783. The summed E-state index contributed by atoms with van der Waals surface area (Å²) in [6.45, 7) is 6.04. The summed E-state index contributed by atoms with van der Waals surface area (Å²) in [4.78, 5) is 27.5. The summed E-state index contributed by atoms with van der Waals surface area (Å²) < 4.78 is 0. The molecule has 3 N–H and O–H groups in total. The lowest BCUT2D eigenvalue weighted by molar-refractivity contribution is -0.154. The fraction of sp³-hybridized carbons (Fsp3) is 0.500. The number of hydrogen-bond donors (Lipinski definition) is 3. The number of hydrazine groups is 1. The molecule has 9 nitrogen and oxygen atoms in total. The van der Waals surface area contributed by atoms with Crippen LogP contribution in [-0.4, -0.2) is 44.3 Å². The number of aromatic nitrogens is 3. The van der Waals surface area contributed by atoms with E-state index in [0.717, 1.165) is 18.4 Å². The number of aryl methyl sites for hydroxylation is 1. The molecule has 1 heterocycles. The number of para-hydroxylation sites is 1. The van der Waals surface area contributed by atoms with Gasteiger partial charge in [0.2, 0.25) is 12.3 Å². The lowest BCUT2D eigenvalue weighted by atomic mass is 9.97. The first-order valence-electron chi connectivity index (χ1n) is 8.97. The molecule has 2 aromatic rings. The van der Waals surface area contributed by atoms with Gasteiger partial charge in [0.1, 0.15) is 5.52 Å². The molecule has 0 fully saturated rings. The minimum Gasteiger partial charge on any atom is -0.286 e. The maximum atomic E-state index is 12.5. The van der Waals surface area contributed by atoms with Gasteiger partial charge >= 0.3 is 0 Å². The summed E-state index contributed by atoms with van der Waals surface area (Å²) in [5, 5.41) is 17.9. The minimum absolute atomic E-state index is 0.0783. The Morgan fingerprint density at radius 3 is 2.78 bits per heavy atom. The molecular formula is C18H26N6O3. The van der Waals surface area contributed by atoms with E-state index < -0.39 is 5.92 Å². The molecule has 1 aromatic carbocycles. The van der Waals surface area contributed by atoms with E-state index in [2.05, 4.69) is 39.9 Å². The predicted octanol–water partition coefficient (Wildman–Crippen LogP) is 2.07. The van der Waals surface area contributed by atoms with Crippen molar-refractivity contribution >= 4 is 29.3 Å². The molecule has 0 aliphatic carbocycles. The molecule has 1 atom stereocenters. The van der Waals surface area contributed by atoms with E-state index in [0.29, 0.717) is 28.4 Å². The monoisotopic (exact) mass is 374 g/mol. The Morgan fingerprint density at radius 2 is 2.07 bits per heavy atom. The summed E-state index contributed by atoms with van der Waals surface area (Å²) in [5.41, 5.74) is 7.52. The fourth-order valence-electron chi connectivity index (χ4n) is 2.72. The van der Waals surface area contributed by atoms with E-state index in [1.807, 2.05) is 25.1 Å². The van der Waals surface area contributed by atoms with Crippen LogP contribution in [0.15, 0.2) is 18.2 Å². The van der Waals surface area contributed by atoms with Crippen molar-refractivity contribution in [2.75, 3.05) is 12.0 Å². The molecular weight excluding hydrogens is 348 g/mol. The van der Waals surface area contributed by atoms with Crippen LogP contribution in [0.1, 0.15) is 38.7 Å². The number of hydrogen-bond acceptors (Lipinski definition) is 7. The van der Waals surface area contributed by atoms with E-state index in [9.17, 15) is 14.8 Å². The van der Waals surface area contributed by atoms with Gasteiger partial charge in [-0.15, -0.1) is 10.2 Å². The number of carbonyl (C=O) groups excluding carboxylic acids is 2. The van der Waals surface area contributed by atoms with Crippen LogP contribution in [0.3, 0.4) is 0 Å². The van der Waals surface area contributed by atoms with Gasteiger partial charge in [0.05, 0.1) is 18.0 Å². The highest BCUT2D eigenvalue weighted by molar-refractivity contribution is 5.81. The summed E-state index contributed by atoms with van der Waals surface area (Å²) in [6.07, 6.45) is 2.61. The van der Waals surface area contributed by atoms with Crippen LogP contribution < -0.4 is 10.9 Å². The van der Waals surface area contributed by atoms with Crippen LogP contribution in [0.5, 0.6) is 0 Å². The summed E-state index contributed by atoms with van der Waals surface area (Å²) >= 11 is 0. The maximum absolute atomic E-state index is 12.5. The molecule has 1 aromatic heterocycles. The van der Waals surface area contributed by atoms with E-state index in [1.165, 1.54) is 0 Å². The topological polar surface area (TPSA) is 120 Å². The lowest BCUT2D eigenvalue weighted by Crippen LogP contribution is -2.40. The first-order valence-corrected chi connectivity index (χ1v) is 8.97. The Kier molecular flexibility index (Phi) is 7.42. The number of nitrogens with zero attached hydrogens (tertiary/aromatic N) is 4. The third-order valence-electron chi connectivity index (χ3n) is 4.22. The predicted molar refractivity (Wildman–Crippen MR) is 101 cm³/mol. The highest BCUT2D eigenvalue weighted by Crippen LogP contribution is 2.15. The molecule has 0 radical (unpaired) electrons. The third kappa shape index (κ3) is 6.14. The Labute approximate surface area is 158 Å². The highest BCUT2D eigenvalue weighted by atomic mass is 16.5. The number of nitrogens with one attached hydrogen (secondary N) is 2. The first kappa shape index (κ1) is 20.5. The third-order valence-corrected chi connectivity index (χ3v) is 4.22. The Hall–Kier alpha value is -2.81. The van der Waals surface area contributed by atoms with E-state index in [1.54, 1.807) is 0 Å². The largest absolute Gasteiger partial charge is 0.286 e. The van der Waals surface area contributed by atoms with Crippen molar-refractivity contribution in [3.8, 4) is 0 Å². The summed E-state index contributed by atoms with van der Waals surface area (Å²) in [6, 6.07) is 5.60. The molecule has 146 valence electrons. The van der Waals surface area contributed by atoms with Gasteiger partial charge in [0.25, 0.3) is 5.95 Å². The van der Waals surface area contributed by atoms with Gasteiger partial charge in [-0.2, -0.15) is 0 Å². The van der Waals surface area contributed by atoms with Crippen LogP contribution in [0.4, 0.5) is 5.95 Å². The van der Waals surface area contributed by atoms with Crippen molar-refractivity contribution in [1.29, 1.82) is 0 Å². The number of amides is 2. The van der Waals surface area contributed by atoms with Crippen molar-refractivity contribution < 1.29 is 14.8 Å². The van der Waals surface area contributed by atoms with Crippen molar-refractivity contribution in [3.63, 3.8) is 0 Å². The van der Waals surface area contributed by atoms with Crippen LogP contribution in [0, 0.1) is 18.8 Å². The van der Waals surface area contributed by atoms with Crippen LogP contribution in [-0.2, 0) is 9.59 Å². The highest BCUT2D eigenvalue weighted by Gasteiger charge is 2.21. The van der Waals surface area contributed by atoms with Gasteiger partial charge < -0.3 is 0 Å². The molecule has 2 amide bonds. The molecule has 0 saturated carbocycles. The van der Waals surface area contributed by atoms with Gasteiger partial charge in [-0.1, -0.05) is 38.8 Å². The molecule has 0 bridgehead atoms. The van der Waals surface area contributed by atoms with Crippen molar-refractivity contribution in [2.24, 2.45) is 11.8 Å². The van der Waals surface area contributed by atoms with Gasteiger partial charge in [-0.25, -0.2) is 10.0 Å². The van der Waals surface area contributed by atoms with Gasteiger partial charge in [-0.3, -0.25) is 25.6 Å². The quantitative estimate of drug-likeness (QED) is 0.331. The molecule has 0 saturated heterocycles. The molecule has 0 spiro atoms. The summed E-state index contributed by atoms with van der Waals surface area (Å²) in [7, 11) is 0. The van der Waals surface area contributed by atoms with Crippen LogP contribution in [0.25, 0.3) is 11.0 Å². The van der Waals surface area contributed by atoms with Crippen LogP contribution in [0.2, 0.25) is 0 Å². The molecule has 27 heavy (non-hydrogen) atoms. The molecule has 0 aliphatic rings. The Balaban J connectivity index is 2.00. The minimum atomic E-state index is -0.554. The van der Waals surface area contributed by atoms with E-state index in [4.69, 9.17) is 0 Å². The van der Waals surface area contributed by atoms with Crippen LogP contribution >= 0.6 is 0 Å². The molecule has 0 unspecified atom stereocenters. The summed E-state index contributed by atoms with van der Waals surface area (Å²) in [5.74, 6) is -0.222. The lowest BCUT2D eigenvalue weighted by Gasteiger charge is -2.20. The van der Waals surface area contributed by atoms with Crippen molar-refractivity contribution in [3.05, 3.63) is 23.8 Å². The van der Waals surface area contributed by atoms with Gasteiger partial charge in [-0.05, 0) is 30.9 Å². The SMILES string of the molecule is Cc1cccc2nnc(NNC(=O)[C@@H](CCCC(C)C)CN(O)C=O)nc12. The normalized spacial score (nSPS) is 12.0. The second-order valence-corrected chi connectivity index (χ2v) is 6.94. The standard InChI is InChI=1S/C18H26N6O3/c1-12(2)6-4-8-14(10-24(27)11-25)17(26)21-23-18-19-16-13(3)7-5-9-15(16)20-22-18/h5,7,9,11-12,14,27H,4,6,8,10H2,1-3H3,(H,21,26)(H,19,22,23)/t14-/m0/s1. The number of hydroxylamine groups is 2. The zero-order valence-corrected chi connectivity index (χ0v) is 15.8. The fourth-order valence-corrected chi connectivity index (χ4v) is 2.72. The molecule has 2 rings (SSSR count). The maximum Gasteiger partial charge on any atom is 0.262 e. The van der Waals surface area contributed by atoms with Gasteiger partial charge in [0, 0.05) is 0 Å². The average molecular weight is 374 g/mol. The zero-order chi connectivity index (χ0) is 19.8. The number of anilines is 1. The van der Waals surface area contributed by atoms with Crippen molar-refractivity contribution in [2.45, 2.75) is 40.0 Å². The van der Waals surface area contributed by atoms with Crippen molar-refractivity contribution in [1.82, 2.24) is 25.7 Å². The van der Waals surface area contributed by atoms with Gasteiger partial charge in [0.15, 0.2) is 0 Å². The van der Waals surface area contributed by atoms with E-state index in [-0.39, 0.29) is 24.8 Å². The number of rotatable bonds is 10. The number of carbonyl (C=O) groups is 2. The number of benzene rings is 1. The number of fused-ring (bicyclic) bond motifs is 1. The molecule has 9 heteroatoms.